The van der Waals surface area contributed by atoms with Gasteiger partial charge in [0.2, 0.25) is 0 Å². The Bertz CT molecular complexity index is 492. The summed E-state index contributed by atoms with van der Waals surface area (Å²) < 4.78 is 0. The first-order valence-electron chi connectivity index (χ1n) is 4.60. The monoisotopic (exact) mass is 215 g/mol. The number of azo groups is 1. The van der Waals surface area contributed by atoms with Crippen LogP contribution in [-0.2, 0) is 0 Å². The van der Waals surface area contributed by atoms with Crippen LogP contribution in [0.1, 0.15) is 0 Å². The molecule has 1 heterocycles. The number of aromatic nitrogens is 1. The van der Waals surface area contributed by atoms with Crippen LogP contribution < -0.4 is 0 Å². The molecule has 0 radical (unpaired) electrons. The summed E-state index contributed by atoms with van der Waals surface area (Å²) in [5.41, 5.74) is 0.650. The van der Waals surface area contributed by atoms with E-state index in [4.69, 9.17) is 0 Å². The maximum absolute atomic E-state index is 9.44. The number of rotatable bonds is 2. The van der Waals surface area contributed by atoms with E-state index in [1.807, 2.05) is 0 Å². The molecule has 0 atom stereocenters. The molecule has 0 spiro atoms. The lowest BCUT2D eigenvalue weighted by Crippen LogP contribution is -1.70. The fourth-order valence-corrected chi connectivity index (χ4v) is 1.14. The minimum absolute atomic E-state index is 0.0549. The number of benzene rings is 1. The van der Waals surface area contributed by atoms with E-state index >= 15 is 0 Å². The standard InChI is InChI=1S/C11H9N3O2/c15-9-2-1-3-10(16)11(9)14-13-8-4-6-12-7-5-8/h1-7,15-16H. The molecule has 0 bridgehead atoms. The third-order valence-electron chi connectivity index (χ3n) is 1.92. The Balaban J connectivity index is 2.31. The summed E-state index contributed by atoms with van der Waals surface area (Å²) in [6, 6.07) is 7.72. The van der Waals surface area contributed by atoms with Gasteiger partial charge in [-0.05, 0) is 24.3 Å². The van der Waals surface area contributed by atoms with Crippen LogP contribution in [-0.4, -0.2) is 15.2 Å². The van der Waals surface area contributed by atoms with E-state index in [-0.39, 0.29) is 17.2 Å². The van der Waals surface area contributed by atoms with Crippen molar-refractivity contribution in [2.45, 2.75) is 0 Å². The van der Waals surface area contributed by atoms with Gasteiger partial charge < -0.3 is 10.2 Å². The van der Waals surface area contributed by atoms with Gasteiger partial charge in [-0.15, -0.1) is 5.11 Å². The van der Waals surface area contributed by atoms with Gasteiger partial charge in [0, 0.05) is 12.4 Å². The number of nitrogens with zero attached hydrogens (tertiary/aromatic N) is 3. The van der Waals surface area contributed by atoms with Gasteiger partial charge in [-0.2, -0.15) is 5.11 Å². The maximum atomic E-state index is 9.44. The van der Waals surface area contributed by atoms with Gasteiger partial charge in [-0.25, -0.2) is 0 Å². The minimum Gasteiger partial charge on any atom is -0.505 e. The molecule has 1 aromatic heterocycles. The molecule has 0 aliphatic carbocycles. The highest BCUT2D eigenvalue weighted by molar-refractivity contribution is 5.60. The first kappa shape index (κ1) is 10.1. The van der Waals surface area contributed by atoms with Crippen molar-refractivity contribution in [3.8, 4) is 11.5 Å². The van der Waals surface area contributed by atoms with Crippen LogP contribution >= 0.6 is 0 Å². The van der Waals surface area contributed by atoms with E-state index < -0.39 is 0 Å². The highest BCUT2D eigenvalue weighted by Gasteiger charge is 2.04. The third kappa shape index (κ3) is 2.14. The molecule has 80 valence electrons. The molecule has 0 unspecified atom stereocenters. The van der Waals surface area contributed by atoms with Gasteiger partial charge in [-0.3, -0.25) is 4.98 Å². The summed E-state index contributed by atoms with van der Waals surface area (Å²) in [5, 5.41) is 26.5. The van der Waals surface area contributed by atoms with Crippen LogP contribution in [0.5, 0.6) is 11.5 Å². The second-order valence-electron chi connectivity index (χ2n) is 3.05. The number of pyridine rings is 1. The molecule has 0 saturated carbocycles. The lowest BCUT2D eigenvalue weighted by Gasteiger charge is -1.99. The molecule has 2 N–H and O–H groups in total. The van der Waals surface area contributed by atoms with Crippen molar-refractivity contribution in [3.05, 3.63) is 42.7 Å². The summed E-state index contributed by atoms with van der Waals surface area (Å²) in [7, 11) is 0. The van der Waals surface area contributed by atoms with Crippen LogP contribution in [0.2, 0.25) is 0 Å². The predicted octanol–water partition coefficient (Wildman–Crippen LogP) is 2.91. The van der Waals surface area contributed by atoms with Crippen LogP contribution in [0.25, 0.3) is 0 Å². The molecule has 0 aliphatic heterocycles. The van der Waals surface area contributed by atoms with Crippen molar-refractivity contribution in [1.29, 1.82) is 0 Å². The van der Waals surface area contributed by atoms with Crippen molar-refractivity contribution in [1.82, 2.24) is 4.98 Å². The fourth-order valence-electron chi connectivity index (χ4n) is 1.14. The largest absolute Gasteiger partial charge is 0.505 e. The molecule has 0 aliphatic rings. The average Bonchev–Trinajstić information content (AvgIpc) is 2.30. The highest BCUT2D eigenvalue weighted by atomic mass is 16.3. The van der Waals surface area contributed by atoms with E-state index in [1.54, 1.807) is 24.5 Å². The van der Waals surface area contributed by atoms with Crippen LogP contribution in [0, 0.1) is 0 Å². The Morgan fingerprint density at radius 2 is 1.50 bits per heavy atom. The number of hydrogen-bond donors (Lipinski definition) is 2. The molecule has 5 nitrogen and oxygen atoms in total. The number of phenols is 2. The average molecular weight is 215 g/mol. The molecular formula is C11H9N3O2. The summed E-state index contributed by atoms with van der Waals surface area (Å²) >= 11 is 0. The topological polar surface area (TPSA) is 78.1 Å². The minimum atomic E-state index is -0.113. The molecule has 0 saturated heterocycles. The zero-order valence-corrected chi connectivity index (χ0v) is 8.28. The lowest BCUT2D eigenvalue weighted by atomic mass is 10.3. The van der Waals surface area contributed by atoms with E-state index in [1.165, 1.54) is 18.2 Å². The molecule has 2 rings (SSSR count). The van der Waals surface area contributed by atoms with E-state index in [0.717, 1.165) is 0 Å². The Morgan fingerprint density at radius 1 is 0.875 bits per heavy atom. The second kappa shape index (κ2) is 4.39. The zero-order chi connectivity index (χ0) is 11.4. The Labute approximate surface area is 91.7 Å². The Hall–Kier alpha value is -2.43. The van der Waals surface area contributed by atoms with Crippen LogP contribution in [0.15, 0.2) is 53.0 Å². The summed E-state index contributed by atoms with van der Waals surface area (Å²) in [6.07, 6.45) is 3.16. The van der Waals surface area contributed by atoms with Crippen LogP contribution in [0.3, 0.4) is 0 Å². The molecular weight excluding hydrogens is 206 g/mol. The van der Waals surface area contributed by atoms with Crippen molar-refractivity contribution in [2.24, 2.45) is 10.2 Å². The quantitative estimate of drug-likeness (QED) is 0.756. The molecule has 1 aromatic carbocycles. The normalized spacial score (nSPS) is 10.8. The van der Waals surface area contributed by atoms with Gasteiger partial charge >= 0.3 is 0 Å². The van der Waals surface area contributed by atoms with Gasteiger partial charge in [0.05, 0.1) is 5.69 Å². The molecule has 5 heteroatoms. The number of aromatic hydroxyl groups is 2. The predicted molar refractivity (Wildman–Crippen MR) is 58.2 cm³/mol. The van der Waals surface area contributed by atoms with Crippen molar-refractivity contribution >= 4 is 11.4 Å². The SMILES string of the molecule is Oc1cccc(O)c1N=Nc1ccncc1. The third-order valence-corrected chi connectivity index (χ3v) is 1.92. The van der Waals surface area contributed by atoms with E-state index in [0.29, 0.717) is 5.69 Å². The van der Waals surface area contributed by atoms with E-state index in [9.17, 15) is 10.2 Å². The Kier molecular flexibility index (Phi) is 2.77. The van der Waals surface area contributed by atoms with Crippen molar-refractivity contribution in [3.63, 3.8) is 0 Å². The summed E-state index contributed by atoms with van der Waals surface area (Å²) in [4.78, 5) is 3.84. The lowest BCUT2D eigenvalue weighted by molar-refractivity contribution is 0.452. The molecule has 0 fully saturated rings. The molecule has 2 aromatic rings. The van der Waals surface area contributed by atoms with Gasteiger partial charge in [0.15, 0.2) is 5.69 Å². The first-order valence-corrected chi connectivity index (χ1v) is 4.60. The van der Waals surface area contributed by atoms with Crippen molar-refractivity contribution in [2.75, 3.05) is 0 Å². The zero-order valence-electron chi connectivity index (χ0n) is 8.28. The summed E-state index contributed by atoms with van der Waals surface area (Å²) in [5.74, 6) is -0.226. The van der Waals surface area contributed by atoms with Gasteiger partial charge in [0.25, 0.3) is 0 Å². The molecule has 16 heavy (non-hydrogen) atoms. The smallest absolute Gasteiger partial charge is 0.169 e. The number of hydrogen-bond acceptors (Lipinski definition) is 5. The molecule has 0 amide bonds. The van der Waals surface area contributed by atoms with Gasteiger partial charge in [-0.1, -0.05) is 6.07 Å². The van der Waals surface area contributed by atoms with Gasteiger partial charge in [0.1, 0.15) is 11.5 Å². The van der Waals surface area contributed by atoms with Crippen LogP contribution in [0.4, 0.5) is 11.4 Å². The Morgan fingerprint density at radius 3 is 2.12 bits per heavy atom. The highest BCUT2D eigenvalue weighted by Crippen LogP contribution is 2.36. The summed E-state index contributed by atoms with van der Waals surface area (Å²) in [6.45, 7) is 0. The fraction of sp³-hybridized carbons (Fsp3) is 0. The van der Waals surface area contributed by atoms with Crippen molar-refractivity contribution < 1.29 is 10.2 Å². The van der Waals surface area contributed by atoms with E-state index in [2.05, 4.69) is 15.2 Å². The second-order valence-corrected chi connectivity index (χ2v) is 3.05. The first-order chi connectivity index (χ1) is 7.77. The maximum Gasteiger partial charge on any atom is 0.169 e. The number of phenolic OH excluding ortho intramolecular Hbond substituents is 2.